The van der Waals surface area contributed by atoms with Crippen molar-refractivity contribution >= 4 is 17.6 Å². The fourth-order valence-corrected chi connectivity index (χ4v) is 3.44. The highest BCUT2D eigenvalue weighted by atomic mass is 19.1. The summed E-state index contributed by atoms with van der Waals surface area (Å²) in [5, 5.41) is 19.8. The standard InChI is InChI=1S/C22H18FN3O5/c1-30-21(28)18-17(12-6-4-3-5-7-12)14(11-24)20(25)26(19(18)22(29)31-2)16-10-13(27)8-9-15(16)23/h3-10,17,27H,25H2,1-2H3. The van der Waals surface area contributed by atoms with E-state index in [0.717, 1.165) is 37.3 Å². The summed E-state index contributed by atoms with van der Waals surface area (Å²) in [6, 6.07) is 13.4. The smallest absolute Gasteiger partial charge is 0.355 e. The average Bonchev–Trinajstić information content (AvgIpc) is 2.79. The molecule has 0 fully saturated rings. The van der Waals surface area contributed by atoms with Crippen LogP contribution < -0.4 is 10.6 Å². The van der Waals surface area contributed by atoms with Gasteiger partial charge in [-0.25, -0.2) is 14.0 Å². The number of anilines is 1. The number of methoxy groups -OCH3 is 2. The van der Waals surface area contributed by atoms with Gasteiger partial charge in [-0.2, -0.15) is 5.26 Å². The number of esters is 2. The number of nitrogens with zero attached hydrogens (tertiary/aromatic N) is 2. The number of phenols is 1. The molecule has 0 saturated heterocycles. The number of aromatic hydroxyl groups is 1. The minimum atomic E-state index is -1.07. The first kappa shape index (κ1) is 21.4. The predicted molar refractivity (Wildman–Crippen MR) is 108 cm³/mol. The molecule has 9 heteroatoms. The Bertz CT molecular complexity index is 1150. The lowest BCUT2D eigenvalue weighted by molar-refractivity contribution is -0.139. The highest BCUT2D eigenvalue weighted by Gasteiger charge is 2.43. The van der Waals surface area contributed by atoms with E-state index < -0.39 is 29.4 Å². The Hall–Kier alpha value is -4.32. The number of hydrogen-bond acceptors (Lipinski definition) is 8. The summed E-state index contributed by atoms with van der Waals surface area (Å²) in [4.78, 5) is 26.5. The number of halogens is 1. The number of carbonyl (C=O) groups excluding carboxylic acids is 2. The minimum absolute atomic E-state index is 0.109. The number of nitriles is 1. The maximum atomic E-state index is 14.7. The van der Waals surface area contributed by atoms with Gasteiger partial charge in [-0.05, 0) is 17.7 Å². The first-order valence-corrected chi connectivity index (χ1v) is 8.99. The molecule has 0 saturated carbocycles. The minimum Gasteiger partial charge on any atom is -0.508 e. The maximum Gasteiger partial charge on any atom is 0.355 e. The van der Waals surface area contributed by atoms with E-state index in [0.29, 0.717) is 5.56 Å². The van der Waals surface area contributed by atoms with Gasteiger partial charge in [-0.3, -0.25) is 4.90 Å². The van der Waals surface area contributed by atoms with Crippen molar-refractivity contribution in [3.05, 3.63) is 82.6 Å². The summed E-state index contributed by atoms with van der Waals surface area (Å²) in [5.74, 6) is -4.49. The zero-order valence-electron chi connectivity index (χ0n) is 16.6. The molecule has 1 unspecified atom stereocenters. The van der Waals surface area contributed by atoms with Gasteiger partial charge in [-0.1, -0.05) is 30.3 Å². The van der Waals surface area contributed by atoms with Gasteiger partial charge in [0.1, 0.15) is 23.1 Å². The van der Waals surface area contributed by atoms with Crippen molar-refractivity contribution in [2.24, 2.45) is 5.73 Å². The molecule has 1 heterocycles. The van der Waals surface area contributed by atoms with Gasteiger partial charge in [0, 0.05) is 6.07 Å². The van der Waals surface area contributed by atoms with Crippen molar-refractivity contribution in [2.45, 2.75) is 5.92 Å². The number of nitrogens with two attached hydrogens (primary N) is 1. The molecular weight excluding hydrogens is 405 g/mol. The molecule has 158 valence electrons. The number of phenolic OH excluding ortho intramolecular Hbond substituents is 1. The van der Waals surface area contributed by atoms with E-state index in [1.165, 1.54) is 0 Å². The Morgan fingerprint density at radius 2 is 1.77 bits per heavy atom. The number of allylic oxidation sites excluding steroid dienone is 1. The molecule has 3 rings (SSSR count). The SMILES string of the molecule is COC(=O)C1=C(C(=O)OC)N(c2cc(O)ccc2F)C(N)=C(C#N)C1c1ccccc1. The summed E-state index contributed by atoms with van der Waals surface area (Å²) >= 11 is 0. The fraction of sp³-hybridized carbons (Fsp3) is 0.136. The van der Waals surface area contributed by atoms with Crippen LogP contribution in [-0.4, -0.2) is 31.3 Å². The Morgan fingerprint density at radius 1 is 1.13 bits per heavy atom. The molecule has 2 aromatic carbocycles. The number of ether oxygens (including phenoxy) is 2. The van der Waals surface area contributed by atoms with Crippen molar-refractivity contribution in [1.29, 1.82) is 5.26 Å². The molecule has 0 aliphatic carbocycles. The van der Waals surface area contributed by atoms with Gasteiger partial charge in [0.05, 0.1) is 43.0 Å². The average molecular weight is 423 g/mol. The van der Waals surface area contributed by atoms with Crippen molar-refractivity contribution in [2.75, 3.05) is 19.1 Å². The Labute approximate surface area is 177 Å². The predicted octanol–water partition coefficient (Wildman–Crippen LogP) is 2.43. The van der Waals surface area contributed by atoms with Crippen molar-refractivity contribution < 1.29 is 28.6 Å². The van der Waals surface area contributed by atoms with Crippen LogP contribution in [0.4, 0.5) is 10.1 Å². The van der Waals surface area contributed by atoms with E-state index in [4.69, 9.17) is 15.2 Å². The molecule has 3 N–H and O–H groups in total. The maximum absolute atomic E-state index is 14.7. The van der Waals surface area contributed by atoms with E-state index in [1.807, 2.05) is 6.07 Å². The molecule has 1 aliphatic heterocycles. The lowest BCUT2D eigenvalue weighted by Crippen LogP contribution is -2.41. The molecular formula is C22H18FN3O5. The Morgan fingerprint density at radius 3 is 2.35 bits per heavy atom. The normalized spacial score (nSPS) is 16.1. The van der Waals surface area contributed by atoms with Crippen LogP contribution in [0.25, 0.3) is 0 Å². The third kappa shape index (κ3) is 3.67. The third-order valence-corrected chi connectivity index (χ3v) is 4.78. The molecule has 0 bridgehead atoms. The van der Waals surface area contributed by atoms with Crippen molar-refractivity contribution in [3.8, 4) is 11.8 Å². The van der Waals surface area contributed by atoms with E-state index >= 15 is 0 Å². The summed E-state index contributed by atoms with van der Waals surface area (Å²) in [6.07, 6.45) is 0. The first-order chi connectivity index (χ1) is 14.8. The number of carbonyl (C=O) groups is 2. The molecule has 0 amide bonds. The highest BCUT2D eigenvalue weighted by Crippen LogP contribution is 2.44. The first-order valence-electron chi connectivity index (χ1n) is 8.99. The second-order valence-electron chi connectivity index (χ2n) is 6.47. The third-order valence-electron chi connectivity index (χ3n) is 4.78. The van der Waals surface area contributed by atoms with Crippen molar-refractivity contribution in [1.82, 2.24) is 0 Å². The molecule has 1 atom stereocenters. The number of benzene rings is 2. The van der Waals surface area contributed by atoms with E-state index in [1.54, 1.807) is 30.3 Å². The lowest BCUT2D eigenvalue weighted by atomic mass is 9.81. The largest absolute Gasteiger partial charge is 0.508 e. The zero-order chi connectivity index (χ0) is 22.7. The van der Waals surface area contributed by atoms with Gasteiger partial charge in [0.25, 0.3) is 0 Å². The van der Waals surface area contributed by atoms with E-state index in [2.05, 4.69) is 0 Å². The monoisotopic (exact) mass is 423 g/mol. The number of hydrogen-bond donors (Lipinski definition) is 2. The van der Waals surface area contributed by atoms with E-state index in [-0.39, 0.29) is 28.4 Å². The molecule has 8 nitrogen and oxygen atoms in total. The summed E-state index contributed by atoms with van der Waals surface area (Å²) in [5.41, 5.74) is 5.59. The molecule has 2 aromatic rings. The Balaban J connectivity index is 2.45. The number of rotatable bonds is 4. The van der Waals surface area contributed by atoms with Crippen LogP contribution in [0.5, 0.6) is 5.75 Å². The lowest BCUT2D eigenvalue weighted by Gasteiger charge is -2.36. The highest BCUT2D eigenvalue weighted by molar-refractivity contribution is 6.06. The van der Waals surface area contributed by atoms with Gasteiger partial charge in [0.15, 0.2) is 0 Å². The van der Waals surface area contributed by atoms with Gasteiger partial charge < -0.3 is 20.3 Å². The second-order valence-corrected chi connectivity index (χ2v) is 6.47. The molecule has 1 aliphatic rings. The quantitative estimate of drug-likeness (QED) is 0.718. The van der Waals surface area contributed by atoms with Gasteiger partial charge >= 0.3 is 11.9 Å². The van der Waals surface area contributed by atoms with Crippen LogP contribution >= 0.6 is 0 Å². The van der Waals surface area contributed by atoms with Crippen LogP contribution in [0.2, 0.25) is 0 Å². The van der Waals surface area contributed by atoms with Crippen molar-refractivity contribution in [3.63, 3.8) is 0 Å². The molecule has 0 aromatic heterocycles. The fourth-order valence-electron chi connectivity index (χ4n) is 3.44. The van der Waals surface area contributed by atoms with Crippen LogP contribution in [0.3, 0.4) is 0 Å². The van der Waals surface area contributed by atoms with Gasteiger partial charge in [-0.15, -0.1) is 0 Å². The summed E-state index contributed by atoms with van der Waals surface area (Å²) < 4.78 is 24.5. The molecule has 0 radical (unpaired) electrons. The van der Waals surface area contributed by atoms with Gasteiger partial charge in [0.2, 0.25) is 0 Å². The zero-order valence-corrected chi connectivity index (χ0v) is 16.6. The summed E-state index contributed by atoms with van der Waals surface area (Å²) in [7, 11) is 2.19. The Kier molecular flexibility index (Phi) is 5.93. The molecule has 0 spiro atoms. The molecule has 31 heavy (non-hydrogen) atoms. The van der Waals surface area contributed by atoms with Crippen LogP contribution in [0.15, 0.2) is 71.2 Å². The van der Waals surface area contributed by atoms with Crippen LogP contribution in [-0.2, 0) is 19.1 Å². The van der Waals surface area contributed by atoms with Crippen LogP contribution in [0, 0.1) is 17.1 Å². The topological polar surface area (TPSA) is 126 Å². The second kappa shape index (κ2) is 8.59. The van der Waals surface area contributed by atoms with E-state index in [9.17, 15) is 24.3 Å². The van der Waals surface area contributed by atoms with Crippen LogP contribution in [0.1, 0.15) is 11.5 Å². The summed E-state index contributed by atoms with van der Waals surface area (Å²) in [6.45, 7) is 0.